The van der Waals surface area contributed by atoms with Crippen LogP contribution in [0.1, 0.15) is 41.9 Å². The van der Waals surface area contributed by atoms with E-state index in [4.69, 9.17) is 9.47 Å². The summed E-state index contributed by atoms with van der Waals surface area (Å²) < 4.78 is 41.1. The van der Waals surface area contributed by atoms with E-state index in [1.807, 2.05) is 30.3 Å². The average molecular weight is 525 g/mol. The van der Waals surface area contributed by atoms with Crippen LogP contribution < -0.4 is 4.72 Å². The normalized spacial score (nSPS) is 24.7. The van der Waals surface area contributed by atoms with E-state index in [-0.39, 0.29) is 29.8 Å². The Labute approximate surface area is 217 Å². The number of aliphatic hydroxyl groups is 2. The molecule has 0 unspecified atom stereocenters. The van der Waals surface area contributed by atoms with Gasteiger partial charge in [-0.05, 0) is 41.8 Å². The van der Waals surface area contributed by atoms with Crippen molar-refractivity contribution in [2.24, 2.45) is 0 Å². The van der Waals surface area contributed by atoms with Crippen molar-refractivity contribution in [3.63, 3.8) is 0 Å². The van der Waals surface area contributed by atoms with Gasteiger partial charge < -0.3 is 19.7 Å². The van der Waals surface area contributed by atoms with Crippen LogP contribution in [0.15, 0.2) is 83.8 Å². The standard InChI is InChI=1S/C28H32N2O6S/c31-19-20-9-11-21(12-10-20)27-16-25(18-30-14-13-24(32)17-30)35-28(36-27)22-5-4-6-23(15-22)29-37(33,34)26-7-2-1-3-8-26/h1-12,15,24-25,27-29,31-32H,13-14,16-19H2/t24-,25-,27+,28+/m0/s1. The highest BCUT2D eigenvalue weighted by Crippen LogP contribution is 2.39. The third kappa shape index (κ3) is 6.38. The van der Waals surface area contributed by atoms with Crippen molar-refractivity contribution in [1.82, 2.24) is 4.90 Å². The zero-order valence-corrected chi connectivity index (χ0v) is 21.3. The molecule has 2 fully saturated rings. The van der Waals surface area contributed by atoms with Crippen LogP contribution in [0.5, 0.6) is 0 Å². The topological polar surface area (TPSA) is 108 Å². The first-order valence-electron chi connectivity index (χ1n) is 12.5. The molecule has 5 rings (SSSR count). The Morgan fingerprint density at radius 1 is 0.946 bits per heavy atom. The van der Waals surface area contributed by atoms with E-state index in [2.05, 4.69) is 9.62 Å². The number of aliphatic hydroxyl groups excluding tert-OH is 2. The number of nitrogens with one attached hydrogen (secondary N) is 1. The number of sulfonamides is 1. The molecule has 0 saturated carbocycles. The van der Waals surface area contributed by atoms with Crippen LogP contribution in [0.4, 0.5) is 5.69 Å². The molecule has 0 amide bonds. The summed E-state index contributed by atoms with van der Waals surface area (Å²) in [6.45, 7) is 2.09. The molecule has 196 valence electrons. The van der Waals surface area contributed by atoms with E-state index in [1.165, 1.54) is 0 Å². The Morgan fingerprint density at radius 3 is 2.43 bits per heavy atom. The molecule has 37 heavy (non-hydrogen) atoms. The van der Waals surface area contributed by atoms with Crippen LogP contribution >= 0.6 is 0 Å². The number of ether oxygens (including phenoxy) is 2. The molecule has 4 atom stereocenters. The Bertz CT molecular complexity index is 1290. The molecule has 0 aliphatic carbocycles. The van der Waals surface area contributed by atoms with Crippen LogP contribution in [0, 0.1) is 0 Å². The molecule has 2 saturated heterocycles. The molecule has 8 nitrogen and oxygen atoms in total. The predicted molar refractivity (Wildman–Crippen MR) is 139 cm³/mol. The second kappa shape index (κ2) is 11.3. The van der Waals surface area contributed by atoms with Crippen LogP contribution in [0.25, 0.3) is 0 Å². The molecule has 9 heteroatoms. The smallest absolute Gasteiger partial charge is 0.261 e. The fraction of sp³-hybridized carbons (Fsp3) is 0.357. The minimum Gasteiger partial charge on any atom is -0.392 e. The van der Waals surface area contributed by atoms with Gasteiger partial charge in [-0.2, -0.15) is 0 Å². The molecule has 0 spiro atoms. The number of anilines is 1. The second-order valence-corrected chi connectivity index (χ2v) is 11.3. The molecule has 3 N–H and O–H groups in total. The fourth-order valence-corrected chi connectivity index (χ4v) is 5.93. The van der Waals surface area contributed by atoms with Gasteiger partial charge in [0.25, 0.3) is 10.0 Å². The lowest BCUT2D eigenvalue weighted by Crippen LogP contribution is -2.38. The van der Waals surface area contributed by atoms with Crippen LogP contribution in [0.3, 0.4) is 0 Å². The maximum absolute atomic E-state index is 12.8. The highest BCUT2D eigenvalue weighted by molar-refractivity contribution is 7.92. The van der Waals surface area contributed by atoms with Crippen LogP contribution in [-0.2, 0) is 26.1 Å². The minimum atomic E-state index is -3.74. The van der Waals surface area contributed by atoms with Gasteiger partial charge in [0.1, 0.15) is 0 Å². The molecule has 2 aliphatic rings. The Morgan fingerprint density at radius 2 is 1.73 bits per heavy atom. The number of rotatable bonds is 8. The number of likely N-dealkylation sites (tertiary alicyclic amines) is 1. The Balaban J connectivity index is 1.37. The molecule has 3 aromatic rings. The zero-order valence-electron chi connectivity index (χ0n) is 20.4. The SMILES string of the molecule is O=S(=O)(Nc1cccc([C@@H]2O[C@H](CN3CC[C@H](O)C3)C[C@H](c3ccc(CO)cc3)O2)c1)c1ccccc1. The molecular weight excluding hydrogens is 492 g/mol. The lowest BCUT2D eigenvalue weighted by Gasteiger charge is -2.38. The summed E-state index contributed by atoms with van der Waals surface area (Å²) in [6.07, 6.45) is -0.00355. The summed E-state index contributed by atoms with van der Waals surface area (Å²) in [7, 11) is -3.74. The van der Waals surface area contributed by atoms with Crippen molar-refractivity contribution in [1.29, 1.82) is 0 Å². The summed E-state index contributed by atoms with van der Waals surface area (Å²) in [5.74, 6) is 0. The summed E-state index contributed by atoms with van der Waals surface area (Å²) in [4.78, 5) is 2.39. The first kappa shape index (κ1) is 25.8. The quantitative estimate of drug-likeness (QED) is 0.413. The largest absolute Gasteiger partial charge is 0.392 e. The molecule has 2 heterocycles. The van der Waals surface area contributed by atoms with Crippen molar-refractivity contribution in [3.05, 3.63) is 95.6 Å². The third-order valence-corrected chi connectivity index (χ3v) is 8.19. The molecule has 0 aromatic heterocycles. The van der Waals surface area contributed by atoms with Crippen molar-refractivity contribution >= 4 is 15.7 Å². The number of hydrogen-bond donors (Lipinski definition) is 3. The average Bonchev–Trinajstić information content (AvgIpc) is 3.33. The zero-order chi connectivity index (χ0) is 25.8. The van der Waals surface area contributed by atoms with Crippen molar-refractivity contribution in [2.45, 2.75) is 48.9 Å². The summed E-state index contributed by atoms with van der Waals surface area (Å²) in [5.41, 5.74) is 2.94. The first-order valence-corrected chi connectivity index (χ1v) is 14.0. The van der Waals surface area contributed by atoms with Gasteiger partial charge in [-0.1, -0.05) is 54.6 Å². The van der Waals surface area contributed by atoms with E-state index >= 15 is 0 Å². The second-order valence-electron chi connectivity index (χ2n) is 9.60. The van der Waals surface area contributed by atoms with E-state index < -0.39 is 16.3 Å². The fourth-order valence-electron chi connectivity index (χ4n) is 4.86. The molecular formula is C28H32N2O6S. The maximum Gasteiger partial charge on any atom is 0.261 e. The molecule has 3 aromatic carbocycles. The number of hydrogen-bond acceptors (Lipinski definition) is 7. The molecule has 0 radical (unpaired) electrons. The molecule has 2 aliphatic heterocycles. The Kier molecular flexibility index (Phi) is 7.89. The number of β-amino-alcohol motifs (C(OH)–C–C–N with tert-alkyl or cyclic N) is 1. The van der Waals surface area contributed by atoms with E-state index in [0.29, 0.717) is 30.8 Å². The third-order valence-electron chi connectivity index (χ3n) is 6.79. The summed E-state index contributed by atoms with van der Waals surface area (Å²) >= 11 is 0. The Hall–Kier alpha value is -2.79. The summed E-state index contributed by atoms with van der Waals surface area (Å²) in [6, 6.07) is 23.0. The predicted octanol–water partition coefficient (Wildman–Crippen LogP) is 3.59. The van der Waals surface area contributed by atoms with Crippen LogP contribution in [0.2, 0.25) is 0 Å². The summed E-state index contributed by atoms with van der Waals surface area (Å²) in [5, 5.41) is 19.4. The van der Waals surface area contributed by atoms with E-state index in [9.17, 15) is 18.6 Å². The van der Waals surface area contributed by atoms with Crippen molar-refractivity contribution in [2.75, 3.05) is 24.4 Å². The van der Waals surface area contributed by atoms with Gasteiger partial charge >= 0.3 is 0 Å². The highest BCUT2D eigenvalue weighted by atomic mass is 32.2. The van der Waals surface area contributed by atoms with Gasteiger partial charge in [0.2, 0.25) is 0 Å². The van der Waals surface area contributed by atoms with Gasteiger partial charge in [0.05, 0.1) is 29.8 Å². The minimum absolute atomic E-state index is 0.0247. The molecule has 0 bridgehead atoms. The van der Waals surface area contributed by atoms with Crippen LogP contribution in [-0.4, -0.2) is 55.4 Å². The van der Waals surface area contributed by atoms with Gasteiger partial charge in [-0.25, -0.2) is 8.42 Å². The van der Waals surface area contributed by atoms with Gasteiger partial charge in [-0.15, -0.1) is 0 Å². The lowest BCUT2D eigenvalue weighted by molar-refractivity contribution is -0.252. The first-order chi connectivity index (χ1) is 17.9. The van der Waals surface area contributed by atoms with E-state index in [0.717, 1.165) is 24.1 Å². The maximum atomic E-state index is 12.8. The number of nitrogens with zero attached hydrogens (tertiary/aromatic N) is 1. The van der Waals surface area contributed by atoms with Gasteiger partial charge in [0.15, 0.2) is 6.29 Å². The number of benzene rings is 3. The monoisotopic (exact) mass is 524 g/mol. The lowest BCUT2D eigenvalue weighted by atomic mass is 9.99. The van der Waals surface area contributed by atoms with Gasteiger partial charge in [0, 0.05) is 37.3 Å². The van der Waals surface area contributed by atoms with Gasteiger partial charge in [-0.3, -0.25) is 9.62 Å². The van der Waals surface area contributed by atoms with E-state index in [1.54, 1.807) is 48.5 Å². The van der Waals surface area contributed by atoms with Crippen molar-refractivity contribution < 1.29 is 28.1 Å². The highest BCUT2D eigenvalue weighted by Gasteiger charge is 2.34. The van der Waals surface area contributed by atoms with Crippen molar-refractivity contribution in [3.8, 4) is 0 Å².